The highest BCUT2D eigenvalue weighted by molar-refractivity contribution is 7.17. The molecular weight excluding hydrogens is 236 g/mol. The first kappa shape index (κ1) is 11.6. The van der Waals surface area contributed by atoms with Crippen LogP contribution in [-0.4, -0.2) is 18.0 Å². The van der Waals surface area contributed by atoms with Crippen LogP contribution in [0.5, 0.6) is 5.06 Å². The molecule has 0 saturated heterocycles. The summed E-state index contributed by atoms with van der Waals surface area (Å²) in [5.41, 5.74) is 1.59. The number of thiazole rings is 1. The fourth-order valence-electron chi connectivity index (χ4n) is 1.40. The van der Waals surface area contributed by atoms with Gasteiger partial charge < -0.3 is 4.74 Å². The molecule has 2 aromatic rings. The minimum Gasteiger partial charge on any atom is -0.486 e. The molecule has 1 amide bonds. The first-order chi connectivity index (χ1) is 8.20. The van der Waals surface area contributed by atoms with Crippen molar-refractivity contribution in [3.8, 4) is 5.06 Å². The predicted octanol–water partition coefficient (Wildman–Crippen LogP) is 2.71. The second-order valence-corrected chi connectivity index (χ2v) is 4.45. The normalized spacial score (nSPS) is 10.0. The van der Waals surface area contributed by atoms with Gasteiger partial charge in [0.1, 0.15) is 0 Å². The van der Waals surface area contributed by atoms with Crippen LogP contribution in [0.3, 0.4) is 0 Å². The number of aryl methyl sites for hydroxylation is 1. The summed E-state index contributed by atoms with van der Waals surface area (Å²) in [7, 11) is 1.57. The molecule has 0 fully saturated rings. The molecule has 17 heavy (non-hydrogen) atoms. The smallest absolute Gasteiger partial charge is 0.257 e. The molecule has 0 saturated carbocycles. The first-order valence-electron chi connectivity index (χ1n) is 5.07. The van der Waals surface area contributed by atoms with Crippen LogP contribution in [0, 0.1) is 6.92 Å². The van der Waals surface area contributed by atoms with Crippen molar-refractivity contribution < 1.29 is 9.53 Å². The van der Waals surface area contributed by atoms with Crippen molar-refractivity contribution in [2.24, 2.45) is 0 Å². The van der Waals surface area contributed by atoms with Crippen LogP contribution in [0.15, 0.2) is 30.5 Å². The summed E-state index contributed by atoms with van der Waals surface area (Å²) >= 11 is 1.30. The van der Waals surface area contributed by atoms with E-state index in [0.717, 1.165) is 5.56 Å². The molecule has 0 aliphatic heterocycles. The molecule has 2 rings (SSSR count). The van der Waals surface area contributed by atoms with Gasteiger partial charge in [-0.05, 0) is 18.6 Å². The van der Waals surface area contributed by atoms with Gasteiger partial charge in [-0.25, -0.2) is 4.98 Å². The summed E-state index contributed by atoms with van der Waals surface area (Å²) in [4.78, 5) is 16.0. The maximum absolute atomic E-state index is 11.9. The lowest BCUT2D eigenvalue weighted by molar-refractivity contribution is 0.102. The van der Waals surface area contributed by atoms with Crippen LogP contribution in [0.4, 0.5) is 5.13 Å². The van der Waals surface area contributed by atoms with Crippen LogP contribution >= 0.6 is 11.3 Å². The number of benzene rings is 1. The third-order valence-electron chi connectivity index (χ3n) is 2.30. The van der Waals surface area contributed by atoms with E-state index in [1.165, 1.54) is 11.3 Å². The highest BCUT2D eigenvalue weighted by Gasteiger charge is 2.10. The van der Waals surface area contributed by atoms with E-state index in [1.807, 2.05) is 25.1 Å². The average molecular weight is 248 g/mol. The number of ether oxygens (including phenoxy) is 1. The number of hydrogen-bond acceptors (Lipinski definition) is 4. The largest absolute Gasteiger partial charge is 0.486 e. The molecular formula is C12H12N2O2S. The molecule has 1 N–H and O–H groups in total. The third-order valence-corrected chi connectivity index (χ3v) is 3.17. The molecule has 0 bridgehead atoms. The number of hydrogen-bond donors (Lipinski definition) is 1. The van der Waals surface area contributed by atoms with E-state index in [-0.39, 0.29) is 5.91 Å². The molecule has 0 unspecified atom stereocenters. The number of aromatic nitrogens is 1. The van der Waals surface area contributed by atoms with Crippen molar-refractivity contribution in [3.63, 3.8) is 0 Å². The Morgan fingerprint density at radius 3 is 2.82 bits per heavy atom. The maximum Gasteiger partial charge on any atom is 0.257 e. The van der Waals surface area contributed by atoms with Gasteiger partial charge in [-0.3, -0.25) is 10.1 Å². The number of nitrogens with zero attached hydrogens (tertiary/aromatic N) is 1. The Kier molecular flexibility index (Phi) is 3.39. The minimum absolute atomic E-state index is 0.153. The van der Waals surface area contributed by atoms with Crippen molar-refractivity contribution >= 4 is 22.4 Å². The topological polar surface area (TPSA) is 51.2 Å². The third kappa shape index (κ3) is 2.62. The van der Waals surface area contributed by atoms with Crippen LogP contribution in [0.1, 0.15) is 15.9 Å². The zero-order chi connectivity index (χ0) is 12.3. The summed E-state index contributed by atoms with van der Waals surface area (Å²) in [5, 5.41) is 3.95. The summed E-state index contributed by atoms with van der Waals surface area (Å²) in [6.07, 6.45) is 1.58. The van der Waals surface area contributed by atoms with Crippen molar-refractivity contribution in [1.29, 1.82) is 0 Å². The second kappa shape index (κ2) is 4.97. The number of methoxy groups -OCH3 is 1. The van der Waals surface area contributed by atoms with Gasteiger partial charge in [0.2, 0.25) is 0 Å². The molecule has 0 aliphatic carbocycles. The average Bonchev–Trinajstić information content (AvgIpc) is 2.77. The summed E-state index contributed by atoms with van der Waals surface area (Å²) in [5.74, 6) is -0.153. The monoisotopic (exact) mass is 248 g/mol. The maximum atomic E-state index is 11.9. The van der Waals surface area contributed by atoms with Crippen molar-refractivity contribution in [2.45, 2.75) is 6.92 Å². The van der Waals surface area contributed by atoms with Crippen LogP contribution in [0.2, 0.25) is 0 Å². The van der Waals surface area contributed by atoms with Gasteiger partial charge in [-0.15, -0.1) is 0 Å². The number of amides is 1. The van der Waals surface area contributed by atoms with E-state index in [4.69, 9.17) is 4.74 Å². The zero-order valence-electron chi connectivity index (χ0n) is 9.56. The molecule has 0 atom stereocenters. The number of rotatable bonds is 3. The highest BCUT2D eigenvalue weighted by Crippen LogP contribution is 2.25. The summed E-state index contributed by atoms with van der Waals surface area (Å²) in [6, 6.07) is 7.43. The molecule has 1 aromatic heterocycles. The van der Waals surface area contributed by atoms with E-state index in [1.54, 1.807) is 19.4 Å². The van der Waals surface area contributed by atoms with Crippen LogP contribution < -0.4 is 10.1 Å². The van der Waals surface area contributed by atoms with Gasteiger partial charge in [0.25, 0.3) is 5.91 Å². The first-order valence-corrected chi connectivity index (χ1v) is 5.89. The van der Waals surface area contributed by atoms with Gasteiger partial charge in [0.15, 0.2) is 10.2 Å². The van der Waals surface area contributed by atoms with E-state index in [2.05, 4.69) is 10.3 Å². The van der Waals surface area contributed by atoms with Crippen LogP contribution in [0.25, 0.3) is 0 Å². The van der Waals surface area contributed by atoms with E-state index in [0.29, 0.717) is 15.8 Å². The quantitative estimate of drug-likeness (QED) is 0.908. The Balaban J connectivity index is 2.14. The molecule has 4 nitrogen and oxygen atoms in total. The number of nitrogens with one attached hydrogen (secondary N) is 1. The fourth-order valence-corrected chi connectivity index (χ4v) is 2.03. The fraction of sp³-hybridized carbons (Fsp3) is 0.167. The molecule has 0 spiro atoms. The van der Waals surface area contributed by atoms with Gasteiger partial charge in [-0.1, -0.05) is 29.5 Å². The van der Waals surface area contributed by atoms with Gasteiger partial charge in [0, 0.05) is 5.56 Å². The summed E-state index contributed by atoms with van der Waals surface area (Å²) < 4.78 is 5.01. The van der Waals surface area contributed by atoms with E-state index < -0.39 is 0 Å². The predicted molar refractivity (Wildman–Crippen MR) is 67.8 cm³/mol. The molecule has 5 heteroatoms. The SMILES string of the molecule is COc1cnc(NC(=O)c2ccccc2C)s1. The molecule has 0 aliphatic rings. The second-order valence-electron chi connectivity index (χ2n) is 3.46. The lowest BCUT2D eigenvalue weighted by Crippen LogP contribution is -2.12. The molecule has 88 valence electrons. The summed E-state index contributed by atoms with van der Waals surface area (Å²) in [6.45, 7) is 1.90. The van der Waals surface area contributed by atoms with Crippen molar-refractivity contribution in [3.05, 3.63) is 41.6 Å². The van der Waals surface area contributed by atoms with E-state index in [9.17, 15) is 4.79 Å². The number of carbonyl (C=O) groups is 1. The Labute approximate surface area is 103 Å². The zero-order valence-corrected chi connectivity index (χ0v) is 10.4. The Morgan fingerprint density at radius 2 is 2.18 bits per heavy atom. The van der Waals surface area contributed by atoms with Crippen molar-refractivity contribution in [2.75, 3.05) is 12.4 Å². The van der Waals surface area contributed by atoms with Crippen LogP contribution in [-0.2, 0) is 0 Å². The Hall–Kier alpha value is -1.88. The van der Waals surface area contributed by atoms with Gasteiger partial charge in [0.05, 0.1) is 13.3 Å². The van der Waals surface area contributed by atoms with Gasteiger partial charge in [-0.2, -0.15) is 0 Å². The molecule has 1 aromatic carbocycles. The lowest BCUT2D eigenvalue weighted by atomic mass is 10.1. The number of anilines is 1. The molecule has 1 heterocycles. The van der Waals surface area contributed by atoms with E-state index >= 15 is 0 Å². The Bertz CT molecular complexity index is 537. The molecule has 0 radical (unpaired) electrons. The lowest BCUT2D eigenvalue weighted by Gasteiger charge is -2.04. The minimum atomic E-state index is -0.153. The van der Waals surface area contributed by atoms with Crippen molar-refractivity contribution in [1.82, 2.24) is 4.98 Å². The Morgan fingerprint density at radius 1 is 1.41 bits per heavy atom. The van der Waals surface area contributed by atoms with Gasteiger partial charge >= 0.3 is 0 Å². The number of carbonyl (C=O) groups excluding carboxylic acids is 1. The highest BCUT2D eigenvalue weighted by atomic mass is 32.1. The standard InChI is InChI=1S/C12H12N2O2S/c1-8-5-3-4-6-9(8)11(15)14-12-13-7-10(16-2)17-12/h3-7H,1-2H3,(H,13,14,15).